The highest BCUT2D eigenvalue weighted by Crippen LogP contribution is 2.19. The van der Waals surface area contributed by atoms with Gasteiger partial charge in [-0.25, -0.2) is 13.4 Å². The van der Waals surface area contributed by atoms with Crippen molar-refractivity contribution in [2.45, 2.75) is 45.6 Å². The molecule has 30 heavy (non-hydrogen) atoms. The van der Waals surface area contributed by atoms with Crippen molar-refractivity contribution in [3.63, 3.8) is 0 Å². The Balaban J connectivity index is 2.21. The second-order valence-corrected chi connectivity index (χ2v) is 10.3. The molecule has 0 aliphatic rings. The highest BCUT2D eigenvalue weighted by atomic mass is 32.2. The summed E-state index contributed by atoms with van der Waals surface area (Å²) >= 11 is 1.34. The summed E-state index contributed by atoms with van der Waals surface area (Å²) in [6.45, 7) is 9.70. The van der Waals surface area contributed by atoms with Gasteiger partial charge in [-0.3, -0.25) is 9.59 Å². The van der Waals surface area contributed by atoms with Gasteiger partial charge in [-0.1, -0.05) is 33.8 Å². The molecule has 1 atom stereocenters. The van der Waals surface area contributed by atoms with E-state index < -0.39 is 22.0 Å². The van der Waals surface area contributed by atoms with E-state index in [4.69, 9.17) is 0 Å². The number of hydrogen-bond donors (Lipinski definition) is 2. The monoisotopic (exact) mass is 452 g/mol. The minimum Gasteiger partial charge on any atom is -0.340 e. The van der Waals surface area contributed by atoms with E-state index in [2.05, 4.69) is 15.6 Å². The molecule has 2 amide bonds. The molecule has 0 saturated heterocycles. The molecular formula is C20H28N4O4S2. The number of benzene rings is 1. The largest absolute Gasteiger partial charge is 0.340 e. The number of aryl methyl sites for hydroxylation is 1. The van der Waals surface area contributed by atoms with Gasteiger partial charge < -0.3 is 10.6 Å². The summed E-state index contributed by atoms with van der Waals surface area (Å²) in [5.41, 5.74) is 0.173. The first-order valence-corrected chi connectivity index (χ1v) is 12.0. The highest BCUT2D eigenvalue weighted by Gasteiger charge is 2.27. The number of thiazole rings is 1. The first-order chi connectivity index (χ1) is 14.1. The molecule has 1 aromatic heterocycles. The lowest BCUT2D eigenvalue weighted by Crippen LogP contribution is -2.47. The van der Waals surface area contributed by atoms with E-state index in [-0.39, 0.29) is 22.3 Å². The second-order valence-electron chi connectivity index (χ2n) is 7.08. The zero-order chi connectivity index (χ0) is 22.5. The summed E-state index contributed by atoms with van der Waals surface area (Å²) < 4.78 is 26.8. The summed E-state index contributed by atoms with van der Waals surface area (Å²) in [5, 5.41) is 5.89. The second kappa shape index (κ2) is 10.1. The van der Waals surface area contributed by atoms with Gasteiger partial charge in [0.05, 0.1) is 4.90 Å². The van der Waals surface area contributed by atoms with Crippen LogP contribution in [0.5, 0.6) is 0 Å². The summed E-state index contributed by atoms with van der Waals surface area (Å²) in [4.78, 5) is 30.6. The van der Waals surface area contributed by atoms with Gasteiger partial charge >= 0.3 is 0 Å². The Bertz CT molecular complexity index is 998. The average Bonchev–Trinajstić information content (AvgIpc) is 3.10. The summed E-state index contributed by atoms with van der Waals surface area (Å²) in [6, 6.07) is 5.04. The molecule has 2 aromatic rings. The van der Waals surface area contributed by atoms with Gasteiger partial charge in [0.15, 0.2) is 5.13 Å². The lowest BCUT2D eigenvalue weighted by atomic mass is 10.0. The van der Waals surface area contributed by atoms with E-state index in [0.717, 1.165) is 4.88 Å². The van der Waals surface area contributed by atoms with E-state index in [1.165, 1.54) is 39.9 Å². The average molecular weight is 453 g/mol. The number of carbonyl (C=O) groups is 2. The van der Waals surface area contributed by atoms with Crippen molar-refractivity contribution >= 4 is 38.3 Å². The van der Waals surface area contributed by atoms with Crippen molar-refractivity contribution in [2.75, 3.05) is 18.4 Å². The minimum absolute atomic E-state index is 0.0441. The van der Waals surface area contributed by atoms with Crippen LogP contribution in [0.15, 0.2) is 35.4 Å². The fourth-order valence-electron chi connectivity index (χ4n) is 2.87. The first kappa shape index (κ1) is 24.0. The number of anilines is 1. The van der Waals surface area contributed by atoms with Crippen molar-refractivity contribution in [2.24, 2.45) is 5.92 Å². The maximum atomic E-state index is 12.8. The van der Waals surface area contributed by atoms with E-state index in [0.29, 0.717) is 18.2 Å². The van der Waals surface area contributed by atoms with Gasteiger partial charge in [0, 0.05) is 29.7 Å². The maximum Gasteiger partial charge on any atom is 0.251 e. The Morgan fingerprint density at radius 3 is 2.40 bits per heavy atom. The molecule has 0 saturated carbocycles. The van der Waals surface area contributed by atoms with Gasteiger partial charge in [-0.2, -0.15) is 4.31 Å². The number of carbonyl (C=O) groups excluding carboxylic acids is 2. The molecule has 0 bridgehead atoms. The van der Waals surface area contributed by atoms with Crippen molar-refractivity contribution in [1.29, 1.82) is 0 Å². The molecule has 2 N–H and O–H groups in total. The number of nitrogens with one attached hydrogen (secondary N) is 2. The quantitative estimate of drug-likeness (QED) is 0.608. The summed E-state index contributed by atoms with van der Waals surface area (Å²) in [6.07, 6.45) is 1.66. The Labute approximate surface area is 181 Å². The molecule has 0 aliphatic carbocycles. The minimum atomic E-state index is -3.69. The van der Waals surface area contributed by atoms with Crippen molar-refractivity contribution in [3.8, 4) is 0 Å². The molecule has 0 radical (unpaired) electrons. The van der Waals surface area contributed by atoms with Crippen LogP contribution in [-0.2, 0) is 14.8 Å². The highest BCUT2D eigenvalue weighted by molar-refractivity contribution is 7.89. The third-order valence-corrected chi connectivity index (χ3v) is 7.40. The summed E-state index contributed by atoms with van der Waals surface area (Å²) in [5.74, 6) is -1.08. The predicted octanol–water partition coefficient (Wildman–Crippen LogP) is 2.88. The van der Waals surface area contributed by atoms with E-state index >= 15 is 0 Å². The molecule has 0 fully saturated rings. The Morgan fingerprint density at radius 2 is 1.87 bits per heavy atom. The zero-order valence-electron chi connectivity index (χ0n) is 17.8. The zero-order valence-corrected chi connectivity index (χ0v) is 19.4. The van der Waals surface area contributed by atoms with Gasteiger partial charge in [0.2, 0.25) is 15.9 Å². The van der Waals surface area contributed by atoms with Crippen LogP contribution in [0.1, 0.15) is 42.9 Å². The Morgan fingerprint density at radius 1 is 1.20 bits per heavy atom. The van der Waals surface area contributed by atoms with Crippen LogP contribution >= 0.6 is 11.3 Å². The fourth-order valence-corrected chi connectivity index (χ4v) is 5.04. The number of hydrogen-bond acceptors (Lipinski definition) is 6. The molecule has 2 rings (SSSR count). The SMILES string of the molecule is CCN(CC)S(=O)(=O)c1cccc(C(=O)NC(C(=O)Nc2ncc(C)s2)C(C)C)c1. The first-order valence-electron chi connectivity index (χ1n) is 9.74. The number of amides is 2. The van der Waals surface area contributed by atoms with E-state index in [1.54, 1.807) is 20.0 Å². The van der Waals surface area contributed by atoms with Crippen LogP contribution in [0.25, 0.3) is 0 Å². The molecule has 8 nitrogen and oxygen atoms in total. The van der Waals surface area contributed by atoms with E-state index in [9.17, 15) is 18.0 Å². The number of nitrogens with zero attached hydrogens (tertiary/aromatic N) is 2. The molecule has 1 aromatic carbocycles. The van der Waals surface area contributed by atoms with Crippen LogP contribution in [-0.4, -0.2) is 48.7 Å². The standard InChI is InChI=1S/C20H28N4O4S2/c1-6-24(7-2)30(27,28)16-10-8-9-15(11-16)18(25)22-17(13(3)4)19(26)23-20-21-12-14(5)29-20/h8-13,17H,6-7H2,1-5H3,(H,22,25)(H,21,23,26). The van der Waals surface area contributed by atoms with Crippen molar-refractivity contribution < 1.29 is 18.0 Å². The maximum absolute atomic E-state index is 12.8. The molecule has 0 spiro atoms. The molecular weight excluding hydrogens is 424 g/mol. The lowest BCUT2D eigenvalue weighted by Gasteiger charge is -2.22. The van der Waals surface area contributed by atoms with E-state index in [1.807, 2.05) is 20.8 Å². The molecule has 1 unspecified atom stereocenters. The normalized spacial score (nSPS) is 12.8. The van der Waals surface area contributed by atoms with Gasteiger partial charge in [-0.05, 0) is 31.0 Å². The Kier molecular flexibility index (Phi) is 8.10. The van der Waals surface area contributed by atoms with Crippen LogP contribution < -0.4 is 10.6 Å². The van der Waals surface area contributed by atoms with Crippen molar-refractivity contribution in [3.05, 3.63) is 40.9 Å². The van der Waals surface area contributed by atoms with Gasteiger partial charge in [0.25, 0.3) is 5.91 Å². The third kappa shape index (κ3) is 5.65. The molecule has 164 valence electrons. The topological polar surface area (TPSA) is 108 Å². The number of aromatic nitrogens is 1. The van der Waals surface area contributed by atoms with Gasteiger partial charge in [-0.15, -0.1) is 11.3 Å². The molecule has 0 aliphatic heterocycles. The van der Waals surface area contributed by atoms with Crippen LogP contribution in [0.3, 0.4) is 0 Å². The van der Waals surface area contributed by atoms with Crippen LogP contribution in [0.2, 0.25) is 0 Å². The fraction of sp³-hybridized carbons (Fsp3) is 0.450. The molecule has 10 heteroatoms. The third-order valence-electron chi connectivity index (χ3n) is 4.53. The number of rotatable bonds is 9. The van der Waals surface area contributed by atoms with Crippen LogP contribution in [0.4, 0.5) is 5.13 Å². The van der Waals surface area contributed by atoms with Gasteiger partial charge in [0.1, 0.15) is 6.04 Å². The summed E-state index contributed by atoms with van der Waals surface area (Å²) in [7, 11) is -3.69. The molecule has 1 heterocycles. The Hall–Kier alpha value is -2.30. The van der Waals surface area contributed by atoms with Crippen LogP contribution in [0, 0.1) is 12.8 Å². The predicted molar refractivity (Wildman–Crippen MR) is 118 cm³/mol. The number of sulfonamides is 1. The smallest absolute Gasteiger partial charge is 0.251 e. The lowest BCUT2D eigenvalue weighted by molar-refractivity contribution is -0.118. The van der Waals surface area contributed by atoms with Crippen molar-refractivity contribution in [1.82, 2.24) is 14.6 Å².